The third-order valence-corrected chi connectivity index (χ3v) is 3.40. The van der Waals surface area contributed by atoms with Gasteiger partial charge in [0.15, 0.2) is 0 Å². The van der Waals surface area contributed by atoms with Gasteiger partial charge in [-0.3, -0.25) is 9.59 Å². The summed E-state index contributed by atoms with van der Waals surface area (Å²) < 4.78 is 37.6. The molecule has 1 rings (SSSR count). The van der Waals surface area contributed by atoms with Crippen molar-refractivity contribution in [2.45, 2.75) is 39.3 Å². The molecule has 0 aromatic carbocycles. The van der Waals surface area contributed by atoms with Crippen LogP contribution in [0.5, 0.6) is 0 Å². The number of hydrogen-bond acceptors (Lipinski definition) is 2. The van der Waals surface area contributed by atoms with Gasteiger partial charge in [-0.25, -0.2) is 0 Å². The molecule has 116 valence electrons. The molecule has 0 heterocycles. The van der Waals surface area contributed by atoms with Crippen molar-refractivity contribution in [2.24, 2.45) is 17.8 Å². The smallest absolute Gasteiger partial charge is 0.406 e. The summed E-state index contributed by atoms with van der Waals surface area (Å²) in [4.78, 5) is 23.8. The Morgan fingerprint density at radius 2 is 1.80 bits per heavy atom. The first kappa shape index (κ1) is 16.8. The molecule has 0 spiro atoms. The molecule has 0 aliphatic heterocycles. The Labute approximate surface area is 115 Å². The summed E-state index contributed by atoms with van der Waals surface area (Å²) in [5.41, 5.74) is 0. The van der Waals surface area contributed by atoms with Gasteiger partial charge in [-0.15, -0.1) is 0 Å². The van der Waals surface area contributed by atoms with Crippen LogP contribution in [0.1, 0.15) is 33.1 Å². The molecule has 0 aromatic heterocycles. The summed E-state index contributed by atoms with van der Waals surface area (Å²) in [5.74, 6) is -2.84. The number of hydrogen-bond donors (Lipinski definition) is 1. The van der Waals surface area contributed by atoms with E-state index < -0.39 is 36.4 Å². The van der Waals surface area contributed by atoms with Crippen molar-refractivity contribution < 1.29 is 27.9 Å². The van der Waals surface area contributed by atoms with Crippen molar-refractivity contribution in [1.29, 1.82) is 0 Å². The fourth-order valence-corrected chi connectivity index (χ4v) is 2.58. The molecule has 1 aliphatic rings. The number of carbonyl (C=O) groups excluding carboxylic acids is 1. The Balaban J connectivity index is 2.71. The Kier molecular flexibility index (Phi) is 5.42. The highest BCUT2D eigenvalue weighted by molar-refractivity contribution is 5.81. The van der Waals surface area contributed by atoms with E-state index in [1.54, 1.807) is 13.8 Å². The Hall–Kier alpha value is -1.27. The summed E-state index contributed by atoms with van der Waals surface area (Å²) in [7, 11) is 0. The van der Waals surface area contributed by atoms with Crippen LogP contribution in [-0.2, 0) is 9.59 Å². The van der Waals surface area contributed by atoms with Crippen LogP contribution < -0.4 is 0 Å². The molecule has 0 saturated heterocycles. The number of carboxylic acid groups (broad SMARTS) is 1. The third-order valence-electron chi connectivity index (χ3n) is 3.40. The van der Waals surface area contributed by atoms with Crippen molar-refractivity contribution in [2.75, 3.05) is 13.1 Å². The number of carbonyl (C=O) groups is 2. The number of amides is 1. The van der Waals surface area contributed by atoms with Gasteiger partial charge in [-0.05, 0) is 25.2 Å². The minimum absolute atomic E-state index is 0.0343. The first-order valence-corrected chi connectivity index (χ1v) is 6.68. The Morgan fingerprint density at radius 3 is 2.20 bits per heavy atom. The van der Waals surface area contributed by atoms with E-state index in [0.29, 0.717) is 12.8 Å². The van der Waals surface area contributed by atoms with Crippen LogP contribution in [0.2, 0.25) is 0 Å². The van der Waals surface area contributed by atoms with Crippen LogP contribution in [0.15, 0.2) is 0 Å². The van der Waals surface area contributed by atoms with Crippen molar-refractivity contribution in [3.05, 3.63) is 0 Å². The molecule has 1 amide bonds. The monoisotopic (exact) mass is 295 g/mol. The van der Waals surface area contributed by atoms with Crippen molar-refractivity contribution in [3.8, 4) is 0 Å². The maximum atomic E-state index is 12.5. The largest absolute Gasteiger partial charge is 0.481 e. The number of carboxylic acids is 1. The lowest BCUT2D eigenvalue weighted by Crippen LogP contribution is -2.43. The van der Waals surface area contributed by atoms with Crippen molar-refractivity contribution in [1.82, 2.24) is 4.90 Å². The molecule has 0 bridgehead atoms. The van der Waals surface area contributed by atoms with Gasteiger partial charge in [0.2, 0.25) is 5.91 Å². The van der Waals surface area contributed by atoms with E-state index in [4.69, 9.17) is 5.11 Å². The summed E-state index contributed by atoms with van der Waals surface area (Å²) in [6.45, 7) is 2.25. The Bertz CT molecular complexity index is 368. The van der Waals surface area contributed by atoms with Crippen LogP contribution >= 0.6 is 0 Å². The maximum Gasteiger partial charge on any atom is 0.406 e. The molecule has 1 fully saturated rings. The summed E-state index contributed by atoms with van der Waals surface area (Å²) in [6, 6.07) is 0. The van der Waals surface area contributed by atoms with Gasteiger partial charge in [0.25, 0.3) is 0 Å². The molecule has 0 unspecified atom stereocenters. The molecular formula is C13H20F3NO3. The molecule has 1 saturated carbocycles. The third kappa shape index (κ3) is 5.02. The lowest BCUT2D eigenvalue weighted by Gasteiger charge is -2.28. The fraction of sp³-hybridized carbons (Fsp3) is 0.846. The molecule has 0 aromatic rings. The lowest BCUT2D eigenvalue weighted by molar-refractivity contribution is -0.164. The molecule has 20 heavy (non-hydrogen) atoms. The quantitative estimate of drug-likeness (QED) is 0.848. The molecule has 4 nitrogen and oxygen atoms in total. The van der Waals surface area contributed by atoms with Crippen LogP contribution in [0.25, 0.3) is 0 Å². The zero-order valence-electron chi connectivity index (χ0n) is 11.6. The number of aliphatic carboxylic acids is 1. The minimum Gasteiger partial charge on any atom is -0.481 e. The second-order valence-electron chi connectivity index (χ2n) is 5.77. The minimum atomic E-state index is -4.44. The van der Waals surface area contributed by atoms with Gasteiger partial charge in [-0.2, -0.15) is 13.2 Å². The van der Waals surface area contributed by atoms with E-state index in [2.05, 4.69) is 0 Å². The average molecular weight is 295 g/mol. The molecule has 2 atom stereocenters. The van der Waals surface area contributed by atoms with E-state index in [-0.39, 0.29) is 18.9 Å². The number of nitrogens with zero attached hydrogens (tertiary/aromatic N) is 1. The highest BCUT2D eigenvalue weighted by atomic mass is 19.4. The van der Waals surface area contributed by atoms with E-state index in [1.807, 2.05) is 0 Å². The topological polar surface area (TPSA) is 57.6 Å². The molecule has 1 N–H and O–H groups in total. The summed E-state index contributed by atoms with van der Waals surface area (Å²) in [6.07, 6.45) is -3.59. The first-order valence-electron chi connectivity index (χ1n) is 6.68. The molecule has 1 aliphatic carbocycles. The van der Waals surface area contributed by atoms with Crippen molar-refractivity contribution in [3.63, 3.8) is 0 Å². The second-order valence-corrected chi connectivity index (χ2v) is 5.77. The standard InChI is InChI=1S/C13H20F3NO3/c1-8(2)6-17(7-13(14,15)16)11(18)9-3-4-10(5-9)12(19)20/h8-10H,3-7H2,1-2H3,(H,19,20)/t9-,10+/m1/s1. The normalized spacial score (nSPS) is 23.1. The zero-order chi connectivity index (χ0) is 15.5. The molecular weight excluding hydrogens is 275 g/mol. The van der Waals surface area contributed by atoms with E-state index in [0.717, 1.165) is 4.90 Å². The highest BCUT2D eigenvalue weighted by Crippen LogP contribution is 2.33. The average Bonchev–Trinajstić information content (AvgIpc) is 2.73. The second kappa shape index (κ2) is 6.45. The predicted molar refractivity (Wildman–Crippen MR) is 65.9 cm³/mol. The summed E-state index contributed by atoms with van der Waals surface area (Å²) in [5, 5.41) is 8.88. The van der Waals surface area contributed by atoms with E-state index in [1.165, 1.54) is 0 Å². The zero-order valence-corrected chi connectivity index (χ0v) is 11.6. The van der Waals surface area contributed by atoms with Gasteiger partial charge in [0.1, 0.15) is 6.54 Å². The summed E-state index contributed by atoms with van der Waals surface area (Å²) >= 11 is 0. The van der Waals surface area contributed by atoms with Gasteiger partial charge >= 0.3 is 12.1 Å². The van der Waals surface area contributed by atoms with Crippen LogP contribution in [-0.4, -0.2) is 41.1 Å². The highest BCUT2D eigenvalue weighted by Gasteiger charge is 2.39. The predicted octanol–water partition coefficient (Wildman–Crippen LogP) is 2.53. The van der Waals surface area contributed by atoms with Crippen LogP contribution in [0.3, 0.4) is 0 Å². The SMILES string of the molecule is CC(C)CN(CC(F)(F)F)C(=O)[C@@H]1CC[C@H](C(=O)O)C1. The van der Waals surface area contributed by atoms with Crippen LogP contribution in [0.4, 0.5) is 13.2 Å². The lowest BCUT2D eigenvalue weighted by atomic mass is 10.0. The van der Waals surface area contributed by atoms with Gasteiger partial charge in [0, 0.05) is 12.5 Å². The van der Waals surface area contributed by atoms with Gasteiger partial charge < -0.3 is 10.0 Å². The maximum absolute atomic E-state index is 12.5. The Morgan fingerprint density at radius 1 is 1.25 bits per heavy atom. The van der Waals surface area contributed by atoms with Gasteiger partial charge in [-0.1, -0.05) is 13.8 Å². The first-order chi connectivity index (χ1) is 9.10. The van der Waals surface area contributed by atoms with Crippen molar-refractivity contribution >= 4 is 11.9 Å². The fourth-order valence-electron chi connectivity index (χ4n) is 2.58. The van der Waals surface area contributed by atoms with E-state index >= 15 is 0 Å². The van der Waals surface area contributed by atoms with Crippen LogP contribution in [0, 0.1) is 17.8 Å². The van der Waals surface area contributed by atoms with E-state index in [9.17, 15) is 22.8 Å². The van der Waals surface area contributed by atoms with Gasteiger partial charge in [0.05, 0.1) is 5.92 Å². The number of rotatable bonds is 5. The molecule has 0 radical (unpaired) electrons. The molecule has 7 heteroatoms. The number of halogens is 3. The number of alkyl halides is 3.